The van der Waals surface area contributed by atoms with Crippen LogP contribution in [0, 0.1) is 0 Å². The van der Waals surface area contributed by atoms with E-state index < -0.39 is 0 Å². The third-order valence-electron chi connectivity index (χ3n) is 4.81. The van der Waals surface area contributed by atoms with Crippen LogP contribution < -0.4 is 10.6 Å². The summed E-state index contributed by atoms with van der Waals surface area (Å²) in [5.41, 5.74) is 0. The van der Waals surface area contributed by atoms with Gasteiger partial charge >= 0.3 is 0 Å². The molecule has 5 nitrogen and oxygen atoms in total. The number of likely N-dealkylation sites (N-methyl/N-ethyl adjacent to an activating group) is 2. The van der Waals surface area contributed by atoms with Gasteiger partial charge in [-0.05, 0) is 52.4 Å². The summed E-state index contributed by atoms with van der Waals surface area (Å²) in [6.45, 7) is 7.90. The highest BCUT2D eigenvalue weighted by atomic mass is 127. The number of aliphatic imine (C=N–C) groups is 1. The van der Waals surface area contributed by atoms with Crippen LogP contribution in [0.2, 0.25) is 0 Å². The van der Waals surface area contributed by atoms with Crippen LogP contribution in [-0.2, 0) is 0 Å². The number of likely N-dealkylation sites (tertiary alicyclic amines) is 2. The van der Waals surface area contributed by atoms with Crippen LogP contribution in [0.25, 0.3) is 0 Å². The highest BCUT2D eigenvalue weighted by molar-refractivity contribution is 14.0. The predicted octanol–water partition coefficient (Wildman–Crippen LogP) is 1.35. The SMILES string of the molecule is CCN1CCCC1CNC(=NC)NCC1CCCN1C.I. The summed E-state index contributed by atoms with van der Waals surface area (Å²) in [6.07, 6.45) is 5.26. The molecule has 0 spiro atoms. The van der Waals surface area contributed by atoms with E-state index in [0.717, 1.165) is 25.6 Å². The standard InChI is InChI=1S/C15H31N5.HI/c1-4-20-10-6-8-14(20)12-18-15(16-2)17-11-13-7-5-9-19(13)3;/h13-14H,4-12H2,1-3H3,(H2,16,17,18);1H. The summed E-state index contributed by atoms with van der Waals surface area (Å²) in [5, 5.41) is 6.97. The molecule has 0 saturated carbocycles. The minimum absolute atomic E-state index is 0. The van der Waals surface area contributed by atoms with Gasteiger partial charge in [0.2, 0.25) is 0 Å². The number of guanidine groups is 1. The average molecular weight is 409 g/mol. The zero-order valence-electron chi connectivity index (χ0n) is 13.8. The Morgan fingerprint density at radius 2 is 1.71 bits per heavy atom. The number of nitrogens with one attached hydrogen (secondary N) is 2. The lowest BCUT2D eigenvalue weighted by molar-refractivity contribution is 0.266. The van der Waals surface area contributed by atoms with Crippen LogP contribution >= 0.6 is 24.0 Å². The van der Waals surface area contributed by atoms with E-state index in [1.807, 2.05) is 7.05 Å². The van der Waals surface area contributed by atoms with E-state index in [9.17, 15) is 0 Å². The Morgan fingerprint density at radius 3 is 2.29 bits per heavy atom. The molecular weight excluding hydrogens is 377 g/mol. The van der Waals surface area contributed by atoms with E-state index in [-0.39, 0.29) is 24.0 Å². The van der Waals surface area contributed by atoms with Gasteiger partial charge in [0.05, 0.1) is 0 Å². The molecule has 2 rings (SSSR count). The molecule has 124 valence electrons. The van der Waals surface area contributed by atoms with E-state index in [2.05, 4.69) is 39.4 Å². The molecule has 0 bridgehead atoms. The van der Waals surface area contributed by atoms with Crippen molar-refractivity contribution in [1.29, 1.82) is 0 Å². The first-order chi connectivity index (χ1) is 9.74. The number of rotatable bonds is 5. The molecule has 0 amide bonds. The van der Waals surface area contributed by atoms with Crippen molar-refractivity contribution in [3.63, 3.8) is 0 Å². The second-order valence-electron chi connectivity index (χ2n) is 6.04. The maximum atomic E-state index is 4.34. The fourth-order valence-electron chi connectivity index (χ4n) is 3.43. The van der Waals surface area contributed by atoms with Crippen molar-refractivity contribution in [2.45, 2.75) is 44.7 Å². The van der Waals surface area contributed by atoms with Gasteiger partial charge in [-0.25, -0.2) is 0 Å². The number of hydrogen-bond donors (Lipinski definition) is 2. The average Bonchev–Trinajstić information content (AvgIpc) is 3.08. The molecule has 2 aliphatic heterocycles. The van der Waals surface area contributed by atoms with Gasteiger partial charge in [0.1, 0.15) is 0 Å². The molecule has 21 heavy (non-hydrogen) atoms. The van der Waals surface area contributed by atoms with E-state index >= 15 is 0 Å². The van der Waals surface area contributed by atoms with Crippen LogP contribution in [0.5, 0.6) is 0 Å². The summed E-state index contributed by atoms with van der Waals surface area (Å²) in [4.78, 5) is 9.34. The topological polar surface area (TPSA) is 42.9 Å². The largest absolute Gasteiger partial charge is 0.355 e. The van der Waals surface area contributed by atoms with Gasteiger partial charge in [-0.15, -0.1) is 24.0 Å². The van der Waals surface area contributed by atoms with Crippen LogP contribution in [0.15, 0.2) is 4.99 Å². The lowest BCUT2D eigenvalue weighted by Gasteiger charge is -2.25. The van der Waals surface area contributed by atoms with Crippen LogP contribution in [0.3, 0.4) is 0 Å². The van der Waals surface area contributed by atoms with Gasteiger partial charge in [-0.3, -0.25) is 9.89 Å². The Kier molecular flexibility index (Phi) is 8.89. The zero-order valence-corrected chi connectivity index (χ0v) is 16.1. The molecule has 2 unspecified atom stereocenters. The summed E-state index contributed by atoms with van der Waals surface area (Å²) in [5.74, 6) is 0.952. The van der Waals surface area contributed by atoms with Crippen LogP contribution in [0.1, 0.15) is 32.6 Å². The minimum Gasteiger partial charge on any atom is -0.355 e. The second-order valence-corrected chi connectivity index (χ2v) is 6.04. The van der Waals surface area contributed by atoms with Crippen molar-refractivity contribution < 1.29 is 0 Å². The molecule has 0 aromatic rings. The van der Waals surface area contributed by atoms with Gasteiger partial charge in [-0.1, -0.05) is 6.92 Å². The van der Waals surface area contributed by atoms with Crippen LogP contribution in [0.4, 0.5) is 0 Å². The van der Waals surface area contributed by atoms with Crippen molar-refractivity contribution in [1.82, 2.24) is 20.4 Å². The molecular formula is C15H32IN5. The lowest BCUT2D eigenvalue weighted by Crippen LogP contribution is -2.47. The molecule has 2 atom stereocenters. The molecule has 2 fully saturated rings. The van der Waals surface area contributed by atoms with E-state index in [4.69, 9.17) is 0 Å². The molecule has 6 heteroatoms. The van der Waals surface area contributed by atoms with Gasteiger partial charge in [-0.2, -0.15) is 0 Å². The summed E-state index contributed by atoms with van der Waals surface area (Å²) in [6, 6.07) is 1.33. The van der Waals surface area contributed by atoms with Crippen molar-refractivity contribution in [3.8, 4) is 0 Å². The molecule has 2 N–H and O–H groups in total. The lowest BCUT2D eigenvalue weighted by atomic mass is 10.2. The van der Waals surface area contributed by atoms with Gasteiger partial charge < -0.3 is 15.5 Å². The van der Waals surface area contributed by atoms with Crippen molar-refractivity contribution >= 4 is 29.9 Å². The molecule has 2 heterocycles. The number of halogens is 1. The minimum atomic E-state index is 0. The molecule has 2 aliphatic rings. The molecule has 2 saturated heterocycles. The Morgan fingerprint density at radius 1 is 1.10 bits per heavy atom. The molecule has 0 aliphatic carbocycles. The molecule has 0 aromatic carbocycles. The monoisotopic (exact) mass is 409 g/mol. The quantitative estimate of drug-likeness (QED) is 0.409. The Bertz CT molecular complexity index is 323. The summed E-state index contributed by atoms with van der Waals surface area (Å²) < 4.78 is 0. The van der Waals surface area contributed by atoms with E-state index in [0.29, 0.717) is 12.1 Å². The number of nitrogens with zero attached hydrogens (tertiary/aromatic N) is 3. The first-order valence-corrected chi connectivity index (χ1v) is 8.13. The first-order valence-electron chi connectivity index (χ1n) is 8.13. The Hall–Kier alpha value is -0.0800. The first kappa shape index (κ1) is 19.0. The van der Waals surface area contributed by atoms with Gasteiger partial charge in [0, 0.05) is 32.2 Å². The summed E-state index contributed by atoms with van der Waals surface area (Å²) >= 11 is 0. The Balaban J connectivity index is 0.00000220. The Labute approximate surface area is 146 Å². The highest BCUT2D eigenvalue weighted by Crippen LogP contribution is 2.15. The highest BCUT2D eigenvalue weighted by Gasteiger charge is 2.23. The van der Waals surface area contributed by atoms with E-state index in [1.165, 1.54) is 38.8 Å². The smallest absolute Gasteiger partial charge is 0.191 e. The maximum Gasteiger partial charge on any atom is 0.191 e. The third-order valence-corrected chi connectivity index (χ3v) is 4.81. The fourth-order valence-corrected chi connectivity index (χ4v) is 3.43. The van der Waals surface area contributed by atoms with Crippen molar-refractivity contribution in [3.05, 3.63) is 0 Å². The zero-order chi connectivity index (χ0) is 14.4. The maximum absolute atomic E-state index is 4.34. The van der Waals surface area contributed by atoms with Crippen molar-refractivity contribution in [2.75, 3.05) is 46.8 Å². The molecule has 0 radical (unpaired) electrons. The third kappa shape index (κ3) is 5.56. The predicted molar refractivity (Wildman–Crippen MR) is 101 cm³/mol. The normalized spacial score (nSPS) is 27.7. The van der Waals surface area contributed by atoms with Crippen molar-refractivity contribution in [2.24, 2.45) is 4.99 Å². The fraction of sp³-hybridized carbons (Fsp3) is 0.933. The second kappa shape index (κ2) is 9.84. The summed E-state index contributed by atoms with van der Waals surface area (Å²) in [7, 11) is 4.08. The van der Waals surface area contributed by atoms with Gasteiger partial charge in [0.25, 0.3) is 0 Å². The van der Waals surface area contributed by atoms with E-state index in [1.54, 1.807) is 0 Å². The molecule has 0 aromatic heterocycles. The van der Waals surface area contributed by atoms with Crippen LogP contribution in [-0.4, -0.2) is 74.7 Å². The number of hydrogen-bond acceptors (Lipinski definition) is 3. The van der Waals surface area contributed by atoms with Gasteiger partial charge in [0.15, 0.2) is 5.96 Å².